The van der Waals surface area contributed by atoms with Gasteiger partial charge in [0.25, 0.3) is 0 Å². The fraction of sp³-hybridized carbons (Fsp3) is 0.0769. The summed E-state index contributed by atoms with van der Waals surface area (Å²) in [6, 6.07) is 38.0. The summed E-state index contributed by atoms with van der Waals surface area (Å²) in [6.07, 6.45) is 0. The molecule has 0 N–H and O–H groups in total. The third-order valence-corrected chi connectivity index (χ3v) is 8.63. The van der Waals surface area contributed by atoms with E-state index in [-0.39, 0.29) is 0 Å². The second kappa shape index (κ2) is 9.40. The van der Waals surface area contributed by atoms with Crippen molar-refractivity contribution < 1.29 is 8.78 Å². The Bertz CT molecular complexity index is 2390. The Hall–Kier alpha value is -5.22. The number of hydrogen-bond donors (Lipinski definition) is 0. The van der Waals surface area contributed by atoms with E-state index in [1.165, 1.54) is 39.4 Å². The van der Waals surface area contributed by atoms with Crippen LogP contribution in [0.15, 0.2) is 115 Å². The highest BCUT2D eigenvalue weighted by atomic mass is 19.1. The predicted octanol–water partition coefficient (Wildman–Crippen LogP) is 10.8. The Balaban J connectivity index is 1.57. The Morgan fingerprint density at radius 2 is 0.907 bits per heavy atom. The number of hydrogen-bond acceptors (Lipinski definition) is 0. The predicted molar refractivity (Wildman–Crippen MR) is 175 cm³/mol. The van der Waals surface area contributed by atoms with E-state index in [1.807, 2.05) is 6.92 Å². The van der Waals surface area contributed by atoms with Gasteiger partial charge in [0.05, 0.1) is 33.4 Å². The highest BCUT2D eigenvalue weighted by Gasteiger charge is 2.21. The van der Waals surface area contributed by atoms with Crippen molar-refractivity contribution in [3.8, 4) is 22.5 Å². The van der Waals surface area contributed by atoms with Crippen molar-refractivity contribution >= 4 is 43.6 Å². The number of benzene rings is 6. The van der Waals surface area contributed by atoms with Crippen LogP contribution in [-0.4, -0.2) is 9.13 Å². The maximum atomic E-state index is 14.5. The largest absolute Gasteiger partial charge is 0.307 e. The molecule has 8 aromatic rings. The highest BCUT2D eigenvalue weighted by Crippen LogP contribution is 2.41. The summed E-state index contributed by atoms with van der Waals surface area (Å²) < 4.78 is 33.6. The molecule has 0 bridgehead atoms. The zero-order chi connectivity index (χ0) is 29.4. The average Bonchev–Trinajstić information content (AvgIpc) is 3.48. The van der Waals surface area contributed by atoms with E-state index in [9.17, 15) is 8.78 Å². The molecule has 2 heterocycles. The minimum Gasteiger partial charge on any atom is -0.307 e. The number of rotatable bonds is 3. The second-order valence-corrected chi connectivity index (χ2v) is 11.6. The van der Waals surface area contributed by atoms with Crippen molar-refractivity contribution in [2.75, 3.05) is 0 Å². The molecule has 0 saturated carbocycles. The molecule has 2 aromatic heterocycles. The number of aryl methyl sites for hydroxylation is 3. The molecule has 0 fully saturated rings. The number of aromatic nitrogens is 2. The molecule has 0 aliphatic heterocycles. The molecule has 0 unspecified atom stereocenters. The van der Waals surface area contributed by atoms with Gasteiger partial charge in [-0.3, -0.25) is 0 Å². The van der Waals surface area contributed by atoms with Crippen LogP contribution < -0.4 is 0 Å². The smallest absolute Gasteiger partial charge is 0.126 e. The number of fused-ring (bicyclic) bond motifs is 6. The first-order valence-corrected chi connectivity index (χ1v) is 14.5. The minimum absolute atomic E-state index is 0.511. The van der Waals surface area contributed by atoms with E-state index in [0.717, 1.165) is 56.0 Å². The van der Waals surface area contributed by atoms with Gasteiger partial charge in [0.15, 0.2) is 0 Å². The molecule has 8 rings (SSSR count). The second-order valence-electron chi connectivity index (χ2n) is 11.6. The van der Waals surface area contributed by atoms with Crippen molar-refractivity contribution in [2.45, 2.75) is 20.8 Å². The van der Waals surface area contributed by atoms with Gasteiger partial charge in [0, 0.05) is 27.6 Å². The van der Waals surface area contributed by atoms with Gasteiger partial charge in [-0.25, -0.2) is 8.78 Å². The Morgan fingerprint density at radius 1 is 0.442 bits per heavy atom. The molecule has 4 heteroatoms. The van der Waals surface area contributed by atoms with Crippen molar-refractivity contribution in [1.82, 2.24) is 9.13 Å². The summed E-state index contributed by atoms with van der Waals surface area (Å²) >= 11 is 0. The third-order valence-electron chi connectivity index (χ3n) is 8.63. The van der Waals surface area contributed by atoms with E-state index in [0.29, 0.717) is 5.56 Å². The summed E-state index contributed by atoms with van der Waals surface area (Å²) in [5.74, 6) is -1.18. The lowest BCUT2D eigenvalue weighted by Crippen LogP contribution is -2.05. The standard InChI is InChI=1S/C39H28F2N2/c1-23-12-14-36-32(16-23)29-8-4-6-10-34(29)42(36)38-18-25(3)31(26-19-27(40)21-28(41)20-26)22-39(38)43-35-11-7-5-9-30(35)33-17-24(2)13-15-37(33)43/h4-22H,1-3H3. The van der Waals surface area contributed by atoms with Crippen LogP contribution in [-0.2, 0) is 0 Å². The zero-order valence-electron chi connectivity index (χ0n) is 24.1. The zero-order valence-corrected chi connectivity index (χ0v) is 24.1. The van der Waals surface area contributed by atoms with Crippen molar-refractivity contribution in [3.63, 3.8) is 0 Å². The fourth-order valence-corrected chi connectivity index (χ4v) is 6.75. The molecule has 43 heavy (non-hydrogen) atoms. The van der Waals surface area contributed by atoms with E-state index in [4.69, 9.17) is 0 Å². The van der Waals surface area contributed by atoms with Crippen molar-refractivity contribution in [1.29, 1.82) is 0 Å². The molecule has 0 amide bonds. The van der Waals surface area contributed by atoms with Crippen LogP contribution in [0.2, 0.25) is 0 Å². The lowest BCUT2D eigenvalue weighted by atomic mass is 9.98. The van der Waals surface area contributed by atoms with Gasteiger partial charge in [-0.2, -0.15) is 0 Å². The number of para-hydroxylation sites is 2. The fourth-order valence-electron chi connectivity index (χ4n) is 6.75. The van der Waals surface area contributed by atoms with Crippen LogP contribution >= 0.6 is 0 Å². The SMILES string of the molecule is Cc1ccc2c(c1)c1ccccc1n2-c1cc(C)c(-c2cc(F)cc(F)c2)cc1-n1c2ccccc2c2cc(C)ccc21. The Labute approximate surface area is 248 Å². The molecule has 6 aromatic carbocycles. The molecule has 0 atom stereocenters. The summed E-state index contributed by atoms with van der Waals surface area (Å²) in [5.41, 5.74) is 10.9. The van der Waals surface area contributed by atoms with Crippen LogP contribution in [0.1, 0.15) is 16.7 Å². The summed E-state index contributed by atoms with van der Waals surface area (Å²) in [4.78, 5) is 0. The van der Waals surface area contributed by atoms with Gasteiger partial charge in [0.2, 0.25) is 0 Å². The number of nitrogens with zero attached hydrogens (tertiary/aromatic N) is 2. The lowest BCUT2D eigenvalue weighted by molar-refractivity contribution is 0.584. The van der Waals surface area contributed by atoms with Crippen LogP contribution in [0, 0.1) is 32.4 Å². The lowest BCUT2D eigenvalue weighted by Gasteiger charge is -2.20. The Morgan fingerprint density at radius 3 is 1.44 bits per heavy atom. The quantitative estimate of drug-likeness (QED) is 0.203. The van der Waals surface area contributed by atoms with E-state index in [2.05, 4.69) is 120 Å². The van der Waals surface area contributed by atoms with E-state index < -0.39 is 11.6 Å². The molecule has 0 radical (unpaired) electrons. The van der Waals surface area contributed by atoms with Crippen LogP contribution in [0.3, 0.4) is 0 Å². The van der Waals surface area contributed by atoms with Gasteiger partial charge < -0.3 is 9.13 Å². The normalized spacial score (nSPS) is 11.8. The molecular formula is C39H28F2N2. The van der Waals surface area contributed by atoms with Crippen LogP contribution in [0.4, 0.5) is 8.78 Å². The van der Waals surface area contributed by atoms with Gasteiger partial charge >= 0.3 is 0 Å². The molecule has 0 aliphatic carbocycles. The minimum atomic E-state index is -0.592. The van der Waals surface area contributed by atoms with Gasteiger partial charge in [-0.15, -0.1) is 0 Å². The molecule has 0 spiro atoms. The molecular weight excluding hydrogens is 534 g/mol. The maximum Gasteiger partial charge on any atom is 0.126 e. The maximum absolute atomic E-state index is 14.5. The van der Waals surface area contributed by atoms with Crippen LogP contribution in [0.5, 0.6) is 0 Å². The monoisotopic (exact) mass is 562 g/mol. The third kappa shape index (κ3) is 3.90. The molecule has 0 aliphatic rings. The number of halogens is 2. The van der Waals surface area contributed by atoms with Gasteiger partial charge in [0.1, 0.15) is 11.6 Å². The summed E-state index contributed by atoms with van der Waals surface area (Å²) in [5, 5.41) is 4.69. The van der Waals surface area contributed by atoms with Crippen molar-refractivity contribution in [2.24, 2.45) is 0 Å². The van der Waals surface area contributed by atoms with Gasteiger partial charge in [-0.05, 0) is 98.1 Å². The topological polar surface area (TPSA) is 9.86 Å². The molecule has 2 nitrogen and oxygen atoms in total. The first-order valence-electron chi connectivity index (χ1n) is 14.5. The van der Waals surface area contributed by atoms with Crippen LogP contribution in [0.25, 0.3) is 66.1 Å². The summed E-state index contributed by atoms with van der Waals surface area (Å²) in [7, 11) is 0. The highest BCUT2D eigenvalue weighted by molar-refractivity contribution is 6.12. The van der Waals surface area contributed by atoms with E-state index >= 15 is 0 Å². The van der Waals surface area contributed by atoms with Crippen molar-refractivity contribution in [3.05, 3.63) is 144 Å². The first kappa shape index (κ1) is 25.5. The average molecular weight is 563 g/mol. The molecule has 208 valence electrons. The summed E-state index contributed by atoms with van der Waals surface area (Å²) in [6.45, 7) is 6.24. The Kier molecular flexibility index (Phi) is 5.57. The van der Waals surface area contributed by atoms with Gasteiger partial charge in [-0.1, -0.05) is 59.7 Å². The van der Waals surface area contributed by atoms with E-state index in [1.54, 1.807) is 0 Å². The molecule has 0 saturated heterocycles. The first-order chi connectivity index (χ1) is 20.9.